The van der Waals surface area contributed by atoms with Crippen LogP contribution in [-0.2, 0) is 12.7 Å². The van der Waals surface area contributed by atoms with Gasteiger partial charge in [-0.15, -0.1) is 10.2 Å². The number of hydrogen-bond acceptors (Lipinski definition) is 4. The van der Waals surface area contributed by atoms with Crippen LogP contribution in [0.25, 0.3) is 11.5 Å². The number of benzene rings is 1. The van der Waals surface area contributed by atoms with E-state index < -0.39 is 35.1 Å². The number of rotatable bonds is 2. The summed E-state index contributed by atoms with van der Waals surface area (Å²) in [5.41, 5.74) is -1.28. The van der Waals surface area contributed by atoms with Crippen LogP contribution in [0.15, 0.2) is 36.5 Å². The minimum atomic E-state index is -4.89. The predicted octanol–water partition coefficient (Wildman–Crippen LogP) is 4.56. The lowest BCUT2D eigenvalue weighted by molar-refractivity contribution is -0.140. The second kappa shape index (κ2) is 7.39. The van der Waals surface area contributed by atoms with Gasteiger partial charge in [-0.25, -0.2) is 4.39 Å². The number of nitrogens with zero attached hydrogens (tertiary/aromatic N) is 5. The molecule has 2 aromatic heterocycles. The Kier molecular flexibility index (Phi) is 4.75. The molecule has 1 fully saturated rings. The van der Waals surface area contributed by atoms with Crippen LogP contribution in [0.2, 0.25) is 0 Å². The molecule has 5 rings (SSSR count). The Balaban J connectivity index is 1.56. The maximum atomic E-state index is 14.0. The molecule has 2 aliphatic rings. The fourth-order valence-corrected chi connectivity index (χ4v) is 4.85. The molecule has 2 aliphatic heterocycles. The Morgan fingerprint density at radius 2 is 1.94 bits per heavy atom. The summed E-state index contributed by atoms with van der Waals surface area (Å²) in [5, 5.41) is 8.60. The molecule has 2 atom stereocenters. The predicted molar refractivity (Wildman–Crippen MR) is 106 cm³/mol. The van der Waals surface area contributed by atoms with Crippen LogP contribution in [0.5, 0.6) is 0 Å². The Morgan fingerprint density at radius 1 is 1.12 bits per heavy atom. The second-order valence-electron chi connectivity index (χ2n) is 8.11. The van der Waals surface area contributed by atoms with Gasteiger partial charge in [0.25, 0.3) is 5.91 Å². The molecule has 10 heteroatoms. The van der Waals surface area contributed by atoms with Gasteiger partial charge in [0, 0.05) is 18.3 Å². The summed E-state index contributed by atoms with van der Waals surface area (Å²) < 4.78 is 56.1. The second-order valence-corrected chi connectivity index (χ2v) is 8.11. The molecule has 1 amide bonds. The number of carbonyl (C=O) groups excluding carboxylic acids is 1. The van der Waals surface area contributed by atoms with E-state index in [1.807, 2.05) is 16.7 Å². The zero-order chi connectivity index (χ0) is 22.6. The van der Waals surface area contributed by atoms with Crippen molar-refractivity contribution in [3.8, 4) is 11.5 Å². The van der Waals surface area contributed by atoms with E-state index in [2.05, 4.69) is 15.2 Å². The Hall–Kier alpha value is -3.30. The first-order chi connectivity index (χ1) is 15.3. The number of piperidine rings is 1. The van der Waals surface area contributed by atoms with E-state index in [0.29, 0.717) is 42.8 Å². The molecule has 2 unspecified atom stereocenters. The van der Waals surface area contributed by atoms with E-state index in [1.54, 1.807) is 17.2 Å². The molecule has 2 bridgehead atoms. The molecule has 1 aromatic carbocycles. The molecule has 0 radical (unpaired) electrons. The van der Waals surface area contributed by atoms with Gasteiger partial charge in [0.1, 0.15) is 11.5 Å². The van der Waals surface area contributed by atoms with Crippen molar-refractivity contribution < 1.29 is 22.4 Å². The molecular formula is C22H19F4N5O. The first-order valence-electron chi connectivity index (χ1n) is 10.3. The minimum Gasteiger partial charge on any atom is -0.324 e. The summed E-state index contributed by atoms with van der Waals surface area (Å²) in [5.74, 6) is -0.742. The summed E-state index contributed by atoms with van der Waals surface area (Å²) in [6.45, 7) is 1.56. The molecule has 0 spiro atoms. The number of amides is 1. The quantitative estimate of drug-likeness (QED) is 0.543. The standard InChI is InChI=1S/C22H19F4N5O/c1-12-14(8-9-15(23)18(12)22(24,25)26)21(32)31-13-5-4-7-17(31)20-29-28-19(30(20)11-13)16-6-2-3-10-27-16/h2-3,6,8-10,13,17H,4-5,7,11H2,1H3. The topological polar surface area (TPSA) is 63.9 Å². The lowest BCUT2D eigenvalue weighted by Crippen LogP contribution is -2.52. The molecule has 32 heavy (non-hydrogen) atoms. The lowest BCUT2D eigenvalue weighted by Gasteiger charge is -2.46. The van der Waals surface area contributed by atoms with Crippen LogP contribution < -0.4 is 0 Å². The molecule has 0 aliphatic carbocycles. The SMILES string of the molecule is Cc1c(C(=O)N2C3CCCC2c2nnc(-c4ccccn4)n2C3)ccc(F)c1C(F)(F)F. The van der Waals surface area contributed by atoms with Gasteiger partial charge in [-0.3, -0.25) is 9.78 Å². The van der Waals surface area contributed by atoms with Gasteiger partial charge in [-0.05, 0) is 56.0 Å². The summed E-state index contributed by atoms with van der Waals surface area (Å²) in [6.07, 6.45) is -1.05. The highest BCUT2D eigenvalue weighted by molar-refractivity contribution is 5.96. The van der Waals surface area contributed by atoms with E-state index in [-0.39, 0.29) is 11.6 Å². The molecular weight excluding hydrogens is 426 g/mol. The van der Waals surface area contributed by atoms with Crippen LogP contribution in [0.3, 0.4) is 0 Å². The zero-order valence-corrected chi connectivity index (χ0v) is 17.1. The van der Waals surface area contributed by atoms with Crippen LogP contribution in [0.4, 0.5) is 17.6 Å². The van der Waals surface area contributed by atoms with Crippen LogP contribution in [0.1, 0.15) is 52.6 Å². The van der Waals surface area contributed by atoms with Gasteiger partial charge >= 0.3 is 6.18 Å². The van der Waals surface area contributed by atoms with E-state index in [1.165, 1.54) is 0 Å². The lowest BCUT2D eigenvalue weighted by atomic mass is 9.90. The summed E-state index contributed by atoms with van der Waals surface area (Å²) in [6, 6.07) is 6.67. The highest BCUT2D eigenvalue weighted by Gasteiger charge is 2.44. The van der Waals surface area contributed by atoms with Gasteiger partial charge in [0.05, 0.1) is 17.6 Å². The molecule has 3 aromatic rings. The van der Waals surface area contributed by atoms with E-state index >= 15 is 0 Å². The normalized spacial score (nSPS) is 20.2. The average Bonchev–Trinajstić information content (AvgIpc) is 3.16. The molecule has 4 heterocycles. The zero-order valence-electron chi connectivity index (χ0n) is 17.1. The van der Waals surface area contributed by atoms with Crippen LogP contribution in [0, 0.1) is 12.7 Å². The number of hydrogen-bond donors (Lipinski definition) is 0. The Morgan fingerprint density at radius 3 is 2.66 bits per heavy atom. The van der Waals surface area contributed by atoms with Crippen LogP contribution in [-0.4, -0.2) is 36.6 Å². The number of halogens is 4. The third-order valence-corrected chi connectivity index (χ3v) is 6.27. The largest absolute Gasteiger partial charge is 0.419 e. The Labute approximate surface area is 180 Å². The third-order valence-electron chi connectivity index (χ3n) is 6.27. The number of aromatic nitrogens is 4. The summed E-state index contributed by atoms with van der Waals surface area (Å²) in [7, 11) is 0. The number of fused-ring (bicyclic) bond motifs is 4. The molecule has 0 saturated carbocycles. The van der Waals surface area contributed by atoms with Crippen molar-refractivity contribution in [1.82, 2.24) is 24.6 Å². The van der Waals surface area contributed by atoms with Crippen molar-refractivity contribution in [1.29, 1.82) is 0 Å². The monoisotopic (exact) mass is 445 g/mol. The van der Waals surface area contributed by atoms with Crippen molar-refractivity contribution in [2.24, 2.45) is 0 Å². The van der Waals surface area contributed by atoms with Gasteiger partial charge < -0.3 is 9.47 Å². The van der Waals surface area contributed by atoms with E-state index in [9.17, 15) is 22.4 Å². The fraction of sp³-hybridized carbons (Fsp3) is 0.364. The molecule has 166 valence electrons. The highest BCUT2D eigenvalue weighted by Crippen LogP contribution is 2.42. The Bertz CT molecular complexity index is 1190. The third kappa shape index (κ3) is 3.16. The smallest absolute Gasteiger partial charge is 0.324 e. The molecule has 1 saturated heterocycles. The fourth-order valence-electron chi connectivity index (χ4n) is 4.85. The number of alkyl halides is 3. The van der Waals surface area contributed by atoms with Crippen molar-refractivity contribution in [2.75, 3.05) is 0 Å². The van der Waals surface area contributed by atoms with E-state index in [4.69, 9.17) is 0 Å². The minimum absolute atomic E-state index is 0.145. The van der Waals surface area contributed by atoms with Crippen LogP contribution >= 0.6 is 0 Å². The maximum Gasteiger partial charge on any atom is 0.419 e. The van der Waals surface area contributed by atoms with Crippen molar-refractivity contribution >= 4 is 5.91 Å². The molecule has 0 N–H and O–H groups in total. The summed E-state index contributed by atoms with van der Waals surface area (Å²) in [4.78, 5) is 19.4. The maximum absolute atomic E-state index is 14.0. The van der Waals surface area contributed by atoms with Gasteiger partial charge in [0.2, 0.25) is 0 Å². The first kappa shape index (κ1) is 20.6. The highest BCUT2D eigenvalue weighted by atomic mass is 19.4. The van der Waals surface area contributed by atoms with Gasteiger partial charge in [-0.1, -0.05) is 6.07 Å². The van der Waals surface area contributed by atoms with Crippen molar-refractivity contribution in [3.63, 3.8) is 0 Å². The number of pyridine rings is 1. The van der Waals surface area contributed by atoms with Crippen molar-refractivity contribution in [3.05, 3.63) is 64.9 Å². The van der Waals surface area contributed by atoms with E-state index in [0.717, 1.165) is 19.4 Å². The average molecular weight is 445 g/mol. The number of carbonyl (C=O) groups is 1. The van der Waals surface area contributed by atoms with Crippen molar-refractivity contribution in [2.45, 2.75) is 51.0 Å². The van der Waals surface area contributed by atoms with Gasteiger partial charge in [0.15, 0.2) is 11.6 Å². The van der Waals surface area contributed by atoms with Gasteiger partial charge in [-0.2, -0.15) is 13.2 Å². The molecule has 6 nitrogen and oxygen atoms in total. The first-order valence-corrected chi connectivity index (χ1v) is 10.3. The summed E-state index contributed by atoms with van der Waals surface area (Å²) >= 11 is 0.